The predicted octanol–water partition coefficient (Wildman–Crippen LogP) is 2.24. The molecule has 0 fully saturated rings. The lowest BCUT2D eigenvalue weighted by Gasteiger charge is -2.06. The zero-order valence-corrected chi connectivity index (χ0v) is 10.6. The van der Waals surface area contributed by atoms with Gasteiger partial charge in [-0.15, -0.1) is 0 Å². The first-order chi connectivity index (χ1) is 9.97. The third kappa shape index (κ3) is 3.59. The average Bonchev–Trinajstić information content (AvgIpc) is 2.44. The minimum absolute atomic E-state index is 0.0881. The molecule has 0 aliphatic rings. The Morgan fingerprint density at radius 3 is 2.71 bits per heavy atom. The van der Waals surface area contributed by atoms with Gasteiger partial charge in [-0.1, -0.05) is 12.1 Å². The molecular formula is C14H10F2N2O3. The molecule has 1 aromatic heterocycles. The van der Waals surface area contributed by atoms with Crippen molar-refractivity contribution in [3.63, 3.8) is 0 Å². The van der Waals surface area contributed by atoms with E-state index in [0.29, 0.717) is 0 Å². The summed E-state index contributed by atoms with van der Waals surface area (Å²) in [5.41, 5.74) is -0.0173. The fraction of sp³-hybridized carbons (Fsp3) is 0.0714. The largest absolute Gasteiger partial charge is 0.478 e. The summed E-state index contributed by atoms with van der Waals surface area (Å²) in [6.45, 7) is 0. The first-order valence-electron chi connectivity index (χ1n) is 5.88. The molecule has 108 valence electrons. The van der Waals surface area contributed by atoms with Crippen molar-refractivity contribution in [1.82, 2.24) is 4.98 Å². The van der Waals surface area contributed by atoms with Gasteiger partial charge in [0.15, 0.2) is 11.6 Å². The molecule has 1 heterocycles. The van der Waals surface area contributed by atoms with E-state index in [2.05, 4.69) is 10.3 Å². The SMILES string of the molecule is O=C(Cc1cccc(F)c1F)Nc1cncc(C(=O)O)c1. The minimum Gasteiger partial charge on any atom is -0.478 e. The zero-order valence-electron chi connectivity index (χ0n) is 10.6. The van der Waals surface area contributed by atoms with Crippen molar-refractivity contribution in [3.05, 3.63) is 59.4 Å². The summed E-state index contributed by atoms with van der Waals surface area (Å²) in [5.74, 6) is -3.90. The number of aromatic nitrogens is 1. The maximum Gasteiger partial charge on any atom is 0.337 e. The highest BCUT2D eigenvalue weighted by Crippen LogP contribution is 2.14. The number of pyridine rings is 1. The second kappa shape index (κ2) is 6.08. The van der Waals surface area contributed by atoms with Crippen LogP contribution in [0.2, 0.25) is 0 Å². The molecule has 0 unspecified atom stereocenters. The number of rotatable bonds is 4. The molecule has 0 aliphatic heterocycles. The second-order valence-electron chi connectivity index (χ2n) is 4.21. The van der Waals surface area contributed by atoms with E-state index in [0.717, 1.165) is 12.3 Å². The van der Waals surface area contributed by atoms with Crippen LogP contribution in [0.4, 0.5) is 14.5 Å². The molecule has 0 bridgehead atoms. The first kappa shape index (κ1) is 14.6. The summed E-state index contributed by atoms with van der Waals surface area (Å²) < 4.78 is 26.4. The van der Waals surface area contributed by atoms with Crippen LogP contribution in [0.25, 0.3) is 0 Å². The first-order valence-corrected chi connectivity index (χ1v) is 5.88. The van der Waals surface area contributed by atoms with Crippen LogP contribution in [-0.2, 0) is 11.2 Å². The Bertz CT molecular complexity index is 704. The highest BCUT2D eigenvalue weighted by atomic mass is 19.2. The third-order valence-corrected chi connectivity index (χ3v) is 2.65. The van der Waals surface area contributed by atoms with Gasteiger partial charge in [-0.25, -0.2) is 13.6 Å². The van der Waals surface area contributed by atoms with Gasteiger partial charge in [0.2, 0.25) is 5.91 Å². The number of hydrogen-bond acceptors (Lipinski definition) is 3. The lowest BCUT2D eigenvalue weighted by Crippen LogP contribution is -2.16. The summed E-state index contributed by atoms with van der Waals surface area (Å²) >= 11 is 0. The third-order valence-electron chi connectivity index (χ3n) is 2.65. The van der Waals surface area contributed by atoms with E-state index in [1.54, 1.807) is 0 Å². The standard InChI is InChI=1S/C14H10F2N2O3/c15-11-3-1-2-8(13(11)16)5-12(19)18-10-4-9(14(20)21)6-17-7-10/h1-4,6-7H,5H2,(H,18,19)(H,20,21). The Morgan fingerprint density at radius 1 is 1.24 bits per heavy atom. The maximum atomic E-state index is 13.4. The molecule has 0 saturated carbocycles. The van der Waals surface area contributed by atoms with Crippen LogP contribution < -0.4 is 5.32 Å². The summed E-state index contributed by atoms with van der Waals surface area (Å²) in [4.78, 5) is 26.2. The lowest BCUT2D eigenvalue weighted by molar-refractivity contribution is -0.115. The van der Waals surface area contributed by atoms with E-state index in [1.165, 1.54) is 24.4 Å². The van der Waals surface area contributed by atoms with Gasteiger partial charge in [0.25, 0.3) is 0 Å². The highest BCUT2D eigenvalue weighted by molar-refractivity contribution is 5.94. The van der Waals surface area contributed by atoms with Crippen LogP contribution >= 0.6 is 0 Å². The number of carboxylic acid groups (broad SMARTS) is 1. The van der Waals surface area contributed by atoms with Crippen molar-refractivity contribution in [2.45, 2.75) is 6.42 Å². The van der Waals surface area contributed by atoms with E-state index in [9.17, 15) is 18.4 Å². The van der Waals surface area contributed by atoms with E-state index < -0.39 is 23.5 Å². The molecule has 1 amide bonds. The van der Waals surface area contributed by atoms with Crippen molar-refractivity contribution in [2.75, 3.05) is 5.32 Å². The number of halogens is 2. The maximum absolute atomic E-state index is 13.4. The van der Waals surface area contributed by atoms with Crippen molar-refractivity contribution < 1.29 is 23.5 Å². The highest BCUT2D eigenvalue weighted by Gasteiger charge is 2.12. The van der Waals surface area contributed by atoms with Crippen LogP contribution in [0.1, 0.15) is 15.9 Å². The number of amides is 1. The molecule has 21 heavy (non-hydrogen) atoms. The average molecular weight is 292 g/mol. The Labute approximate surface area is 118 Å². The second-order valence-corrected chi connectivity index (χ2v) is 4.21. The number of carbonyl (C=O) groups is 2. The molecule has 7 heteroatoms. The van der Waals surface area contributed by atoms with Crippen LogP contribution in [0.3, 0.4) is 0 Å². The van der Waals surface area contributed by atoms with Crippen LogP contribution in [0.5, 0.6) is 0 Å². The van der Waals surface area contributed by atoms with Gasteiger partial charge in [-0.3, -0.25) is 9.78 Å². The lowest BCUT2D eigenvalue weighted by atomic mass is 10.1. The van der Waals surface area contributed by atoms with Gasteiger partial charge in [-0.05, 0) is 12.1 Å². The molecule has 0 spiro atoms. The molecule has 2 N–H and O–H groups in total. The van der Waals surface area contributed by atoms with Crippen molar-refractivity contribution in [2.24, 2.45) is 0 Å². The van der Waals surface area contributed by atoms with E-state index >= 15 is 0 Å². The number of nitrogens with one attached hydrogen (secondary N) is 1. The normalized spacial score (nSPS) is 10.2. The van der Waals surface area contributed by atoms with E-state index in [-0.39, 0.29) is 23.2 Å². The van der Waals surface area contributed by atoms with Crippen LogP contribution in [0.15, 0.2) is 36.7 Å². The number of carbonyl (C=O) groups excluding carboxylic acids is 1. The van der Waals surface area contributed by atoms with E-state index in [4.69, 9.17) is 5.11 Å². The number of hydrogen-bond donors (Lipinski definition) is 2. The van der Waals surface area contributed by atoms with Gasteiger partial charge in [0, 0.05) is 11.8 Å². The van der Waals surface area contributed by atoms with E-state index in [1.807, 2.05) is 0 Å². The summed E-state index contributed by atoms with van der Waals surface area (Å²) in [6.07, 6.45) is 2.01. The van der Waals surface area contributed by atoms with Gasteiger partial charge in [0.1, 0.15) is 0 Å². The smallest absolute Gasteiger partial charge is 0.337 e. The van der Waals surface area contributed by atoms with Crippen molar-refractivity contribution in [3.8, 4) is 0 Å². The van der Waals surface area contributed by atoms with Crippen molar-refractivity contribution >= 4 is 17.6 Å². The fourth-order valence-corrected chi connectivity index (χ4v) is 1.69. The summed E-state index contributed by atoms with van der Waals surface area (Å²) in [7, 11) is 0. The fourth-order valence-electron chi connectivity index (χ4n) is 1.69. The molecule has 5 nitrogen and oxygen atoms in total. The van der Waals surface area contributed by atoms with Gasteiger partial charge in [0.05, 0.1) is 23.9 Å². The predicted molar refractivity (Wildman–Crippen MR) is 69.9 cm³/mol. The molecule has 2 aromatic rings. The molecule has 1 aromatic carbocycles. The number of nitrogens with zero attached hydrogens (tertiary/aromatic N) is 1. The quantitative estimate of drug-likeness (QED) is 0.905. The number of benzene rings is 1. The van der Waals surface area contributed by atoms with Crippen LogP contribution in [-0.4, -0.2) is 22.0 Å². The molecule has 0 saturated heterocycles. The van der Waals surface area contributed by atoms with Crippen molar-refractivity contribution in [1.29, 1.82) is 0 Å². The number of aromatic carboxylic acids is 1. The molecule has 0 aliphatic carbocycles. The molecular weight excluding hydrogens is 282 g/mol. The molecule has 2 rings (SSSR count). The molecule has 0 radical (unpaired) electrons. The van der Waals surface area contributed by atoms with Gasteiger partial charge < -0.3 is 10.4 Å². The Hall–Kier alpha value is -2.83. The minimum atomic E-state index is -1.19. The number of carboxylic acids is 1. The summed E-state index contributed by atoms with van der Waals surface area (Å²) in [6, 6.07) is 4.77. The zero-order chi connectivity index (χ0) is 15.4. The summed E-state index contributed by atoms with van der Waals surface area (Å²) in [5, 5.41) is 11.2. The van der Waals surface area contributed by atoms with Gasteiger partial charge >= 0.3 is 5.97 Å². The Kier molecular flexibility index (Phi) is 4.22. The monoisotopic (exact) mass is 292 g/mol. The van der Waals surface area contributed by atoms with Crippen LogP contribution in [0, 0.1) is 11.6 Å². The van der Waals surface area contributed by atoms with Gasteiger partial charge in [-0.2, -0.15) is 0 Å². The molecule has 0 atom stereocenters. The Balaban J connectivity index is 2.10. The number of anilines is 1. The topological polar surface area (TPSA) is 79.3 Å². The Morgan fingerprint density at radius 2 is 2.00 bits per heavy atom.